The third kappa shape index (κ3) is 4.59. The van der Waals surface area contributed by atoms with Crippen molar-refractivity contribution in [2.24, 2.45) is 0 Å². The van der Waals surface area contributed by atoms with Crippen molar-refractivity contribution >= 4 is 39.7 Å². The molecule has 1 unspecified atom stereocenters. The first-order valence-electron chi connectivity index (χ1n) is 7.76. The number of hydrogen-bond donors (Lipinski definition) is 1. The maximum Gasteiger partial charge on any atom is 0.210 e. The lowest BCUT2D eigenvalue weighted by molar-refractivity contribution is 0.0994. The SMILES string of the molecule is COc1cccc(Nc2nnc(SC(C)C(=O)c3ccc(F)cc3)s2)c1. The van der Waals surface area contributed by atoms with Crippen LogP contribution in [0.3, 0.4) is 0 Å². The number of methoxy groups -OCH3 is 1. The molecule has 1 N–H and O–H groups in total. The van der Waals surface area contributed by atoms with Gasteiger partial charge in [0, 0.05) is 17.3 Å². The van der Waals surface area contributed by atoms with Crippen molar-refractivity contribution in [3.8, 4) is 5.75 Å². The number of nitrogens with one attached hydrogen (secondary N) is 1. The summed E-state index contributed by atoms with van der Waals surface area (Å²) in [5.74, 6) is 0.305. The van der Waals surface area contributed by atoms with Crippen LogP contribution in [0.5, 0.6) is 5.75 Å². The quantitative estimate of drug-likeness (QED) is 0.463. The Morgan fingerprint density at radius 1 is 1.23 bits per heavy atom. The molecule has 0 radical (unpaired) electrons. The van der Waals surface area contributed by atoms with Gasteiger partial charge in [0.15, 0.2) is 10.1 Å². The van der Waals surface area contributed by atoms with Crippen LogP contribution in [0.2, 0.25) is 0 Å². The van der Waals surface area contributed by atoms with Gasteiger partial charge in [0.2, 0.25) is 5.13 Å². The highest BCUT2D eigenvalue weighted by Gasteiger charge is 2.19. The topological polar surface area (TPSA) is 64.1 Å². The maximum absolute atomic E-state index is 13.0. The van der Waals surface area contributed by atoms with Gasteiger partial charge in [-0.1, -0.05) is 29.2 Å². The molecule has 2 aromatic carbocycles. The molecule has 5 nitrogen and oxygen atoms in total. The summed E-state index contributed by atoms with van der Waals surface area (Å²) < 4.78 is 18.8. The highest BCUT2D eigenvalue weighted by molar-refractivity contribution is 8.02. The van der Waals surface area contributed by atoms with Gasteiger partial charge in [0.05, 0.1) is 12.4 Å². The Morgan fingerprint density at radius 2 is 2.00 bits per heavy atom. The Bertz CT molecular complexity index is 899. The van der Waals surface area contributed by atoms with Crippen LogP contribution in [0.25, 0.3) is 0 Å². The second kappa shape index (κ2) is 8.29. The van der Waals surface area contributed by atoms with E-state index in [1.807, 2.05) is 24.3 Å². The molecule has 0 fully saturated rings. The third-order valence-corrected chi connectivity index (χ3v) is 5.53. The van der Waals surface area contributed by atoms with Gasteiger partial charge in [-0.2, -0.15) is 0 Å². The minimum atomic E-state index is -0.362. The van der Waals surface area contributed by atoms with Crippen LogP contribution in [-0.2, 0) is 0 Å². The van der Waals surface area contributed by atoms with Crippen molar-refractivity contribution in [2.45, 2.75) is 16.5 Å². The zero-order valence-electron chi connectivity index (χ0n) is 14.1. The van der Waals surface area contributed by atoms with E-state index < -0.39 is 0 Å². The number of aromatic nitrogens is 2. The van der Waals surface area contributed by atoms with E-state index in [2.05, 4.69) is 15.5 Å². The van der Waals surface area contributed by atoms with Crippen LogP contribution in [0, 0.1) is 5.82 Å². The molecule has 0 bridgehead atoms. The number of carbonyl (C=O) groups excluding carboxylic acids is 1. The number of ketones is 1. The number of thioether (sulfide) groups is 1. The molecular weight excluding hydrogens is 373 g/mol. The van der Waals surface area contributed by atoms with E-state index in [9.17, 15) is 9.18 Å². The largest absolute Gasteiger partial charge is 0.497 e. The standard InChI is InChI=1S/C18H16FN3O2S2/c1-11(16(23)12-6-8-13(19)9-7-12)25-18-22-21-17(26-18)20-14-4-3-5-15(10-14)24-2/h3-11H,1-2H3,(H,20,21). The number of carbonyl (C=O) groups is 1. The molecule has 1 aromatic heterocycles. The van der Waals surface area contributed by atoms with Crippen LogP contribution in [0.1, 0.15) is 17.3 Å². The molecule has 0 amide bonds. The lowest BCUT2D eigenvalue weighted by atomic mass is 10.1. The van der Waals surface area contributed by atoms with E-state index in [-0.39, 0.29) is 16.9 Å². The van der Waals surface area contributed by atoms with E-state index in [4.69, 9.17) is 4.74 Å². The monoisotopic (exact) mass is 389 g/mol. The zero-order chi connectivity index (χ0) is 18.5. The Labute approximate surface area is 158 Å². The molecule has 0 aliphatic carbocycles. The summed E-state index contributed by atoms with van der Waals surface area (Å²) in [6, 6.07) is 13.0. The second-order valence-electron chi connectivity index (χ2n) is 5.36. The van der Waals surface area contributed by atoms with Gasteiger partial charge in [-0.25, -0.2) is 4.39 Å². The van der Waals surface area contributed by atoms with Crippen LogP contribution in [-0.4, -0.2) is 28.3 Å². The van der Waals surface area contributed by atoms with E-state index in [0.717, 1.165) is 11.4 Å². The van der Waals surface area contributed by atoms with Crippen molar-refractivity contribution in [1.29, 1.82) is 0 Å². The number of rotatable bonds is 7. The molecule has 0 saturated carbocycles. The van der Waals surface area contributed by atoms with Gasteiger partial charge in [0.1, 0.15) is 11.6 Å². The van der Waals surface area contributed by atoms with Gasteiger partial charge in [-0.3, -0.25) is 4.79 Å². The highest BCUT2D eigenvalue weighted by Crippen LogP contribution is 2.32. The number of ether oxygens (including phenoxy) is 1. The Kier molecular flexibility index (Phi) is 5.85. The average Bonchev–Trinajstić information content (AvgIpc) is 3.08. The number of nitrogens with zero attached hydrogens (tertiary/aromatic N) is 2. The number of Topliss-reactive ketones (excluding diaryl/α,β-unsaturated/α-hetero) is 1. The average molecular weight is 389 g/mol. The summed E-state index contributed by atoms with van der Waals surface area (Å²) in [6.07, 6.45) is 0. The third-order valence-electron chi connectivity index (χ3n) is 3.50. The lowest BCUT2D eigenvalue weighted by Gasteiger charge is -2.07. The highest BCUT2D eigenvalue weighted by atomic mass is 32.2. The molecular formula is C18H16FN3O2S2. The molecule has 8 heteroatoms. The fourth-order valence-corrected chi connectivity index (χ4v) is 4.18. The summed E-state index contributed by atoms with van der Waals surface area (Å²) in [4.78, 5) is 12.4. The lowest BCUT2D eigenvalue weighted by Crippen LogP contribution is -2.13. The van der Waals surface area contributed by atoms with Crippen molar-refractivity contribution < 1.29 is 13.9 Å². The summed E-state index contributed by atoms with van der Waals surface area (Å²) in [6.45, 7) is 1.80. The van der Waals surface area contributed by atoms with Gasteiger partial charge < -0.3 is 10.1 Å². The first-order valence-corrected chi connectivity index (χ1v) is 9.46. The first kappa shape index (κ1) is 18.3. The minimum Gasteiger partial charge on any atom is -0.497 e. The fourth-order valence-electron chi connectivity index (χ4n) is 2.19. The minimum absolute atomic E-state index is 0.0764. The van der Waals surface area contributed by atoms with Gasteiger partial charge in [0.25, 0.3) is 0 Å². The predicted molar refractivity (Wildman–Crippen MR) is 102 cm³/mol. The van der Waals surface area contributed by atoms with Crippen LogP contribution in [0.4, 0.5) is 15.2 Å². The van der Waals surface area contributed by atoms with Crippen LogP contribution < -0.4 is 10.1 Å². The molecule has 3 aromatic rings. The first-order chi connectivity index (χ1) is 12.5. The molecule has 0 spiro atoms. The van der Waals surface area contributed by atoms with E-state index in [1.54, 1.807) is 14.0 Å². The molecule has 1 atom stereocenters. The summed E-state index contributed by atoms with van der Waals surface area (Å²) >= 11 is 2.69. The molecule has 134 valence electrons. The molecule has 0 saturated heterocycles. The zero-order valence-corrected chi connectivity index (χ0v) is 15.7. The summed E-state index contributed by atoms with van der Waals surface area (Å²) in [5.41, 5.74) is 1.32. The number of hydrogen-bond acceptors (Lipinski definition) is 7. The smallest absolute Gasteiger partial charge is 0.210 e. The molecule has 26 heavy (non-hydrogen) atoms. The number of benzene rings is 2. The molecule has 3 rings (SSSR count). The van der Waals surface area contributed by atoms with Crippen molar-refractivity contribution in [3.05, 3.63) is 59.9 Å². The summed E-state index contributed by atoms with van der Waals surface area (Å²) in [5, 5.41) is 11.7. The molecule has 0 aliphatic rings. The second-order valence-corrected chi connectivity index (χ2v) is 7.93. The molecule has 1 heterocycles. The van der Waals surface area contributed by atoms with Crippen molar-refractivity contribution in [3.63, 3.8) is 0 Å². The van der Waals surface area contributed by atoms with E-state index in [0.29, 0.717) is 15.0 Å². The molecule has 0 aliphatic heterocycles. The predicted octanol–water partition coefficient (Wildman–Crippen LogP) is 4.79. The van der Waals surface area contributed by atoms with E-state index in [1.165, 1.54) is 47.4 Å². The summed E-state index contributed by atoms with van der Waals surface area (Å²) in [7, 11) is 1.61. The van der Waals surface area contributed by atoms with Gasteiger partial charge >= 0.3 is 0 Å². The van der Waals surface area contributed by atoms with E-state index >= 15 is 0 Å². The van der Waals surface area contributed by atoms with Crippen LogP contribution >= 0.6 is 23.1 Å². The number of halogens is 1. The van der Waals surface area contributed by atoms with Crippen molar-refractivity contribution in [1.82, 2.24) is 10.2 Å². The maximum atomic E-state index is 13.0. The van der Waals surface area contributed by atoms with Gasteiger partial charge in [-0.15, -0.1) is 10.2 Å². The Hall–Kier alpha value is -2.45. The number of anilines is 2. The van der Waals surface area contributed by atoms with Crippen molar-refractivity contribution in [2.75, 3.05) is 12.4 Å². The fraction of sp³-hybridized carbons (Fsp3) is 0.167. The Morgan fingerprint density at radius 3 is 2.73 bits per heavy atom. The van der Waals surface area contributed by atoms with Gasteiger partial charge in [-0.05, 0) is 43.3 Å². The Balaban J connectivity index is 1.64. The van der Waals surface area contributed by atoms with Crippen LogP contribution in [0.15, 0.2) is 52.9 Å². The normalized spacial score (nSPS) is 11.8.